The summed E-state index contributed by atoms with van der Waals surface area (Å²) in [6, 6.07) is 0.180. The fourth-order valence-corrected chi connectivity index (χ4v) is 5.40. The van der Waals surface area contributed by atoms with Crippen molar-refractivity contribution >= 4 is 51.7 Å². The van der Waals surface area contributed by atoms with E-state index in [4.69, 9.17) is 5.73 Å². The smallest absolute Gasteiger partial charge is 0.352 e. The lowest BCUT2D eigenvalue weighted by atomic mass is 10.0. The molecule has 1 fully saturated rings. The minimum Gasteiger partial charge on any atom is -0.503 e. The molecule has 2 atom stereocenters. The van der Waals surface area contributed by atoms with Crippen LogP contribution < -0.4 is 16.5 Å². The highest BCUT2D eigenvalue weighted by Gasteiger charge is 2.54. The second kappa shape index (κ2) is 9.63. The quantitative estimate of drug-likeness (QED) is 0.141. The summed E-state index contributed by atoms with van der Waals surface area (Å²) in [5.74, 6) is -2.94. The topological polar surface area (TPSA) is 200 Å². The summed E-state index contributed by atoms with van der Waals surface area (Å²) in [5.41, 5.74) is 4.84. The molecule has 0 aromatic carbocycles. The third-order valence-electron chi connectivity index (χ3n) is 5.16. The molecule has 6 N–H and O–H groups in total. The van der Waals surface area contributed by atoms with Gasteiger partial charge in [-0.1, -0.05) is 17.3 Å². The van der Waals surface area contributed by atoms with E-state index in [1.807, 2.05) is 0 Å². The van der Waals surface area contributed by atoms with E-state index in [0.29, 0.717) is 5.57 Å². The number of carbonyl (C=O) groups is 3. The van der Waals surface area contributed by atoms with Crippen LogP contribution in [0, 0.1) is 0 Å². The zero-order chi connectivity index (χ0) is 25.3. The molecule has 2 aliphatic rings. The zero-order valence-electron chi connectivity index (χ0n) is 17.7. The SMILES string of the molecule is Nc1nc(/C(=N/O)C(=O)NC2C(=O)N3C(C(=O)O)=C(/C=C/Cn4ccc(=O)c(O)c4)CSC23)cs1. The maximum absolute atomic E-state index is 12.8. The number of hydrogen-bond acceptors (Lipinski definition) is 11. The molecular formula is C20H18N6O7S2. The number of nitrogens with one attached hydrogen (secondary N) is 1. The third kappa shape index (κ3) is 4.63. The van der Waals surface area contributed by atoms with Crippen molar-refractivity contribution in [1.29, 1.82) is 0 Å². The molecule has 13 nitrogen and oxygen atoms in total. The number of thioether (sulfide) groups is 1. The third-order valence-corrected chi connectivity index (χ3v) is 7.14. The first-order valence-electron chi connectivity index (χ1n) is 9.92. The Kier molecular flexibility index (Phi) is 6.61. The Morgan fingerprint density at radius 3 is 2.77 bits per heavy atom. The molecule has 0 aliphatic carbocycles. The van der Waals surface area contributed by atoms with E-state index in [9.17, 15) is 34.6 Å². The van der Waals surface area contributed by atoms with Gasteiger partial charge in [0.25, 0.3) is 11.8 Å². The number of nitrogens with two attached hydrogens (primary N) is 1. The van der Waals surface area contributed by atoms with Crippen LogP contribution in [0.2, 0.25) is 0 Å². The average Bonchev–Trinajstić information content (AvgIpc) is 3.25. The van der Waals surface area contributed by atoms with E-state index in [2.05, 4.69) is 15.5 Å². The Labute approximate surface area is 204 Å². The van der Waals surface area contributed by atoms with E-state index < -0.39 is 46.1 Å². The summed E-state index contributed by atoms with van der Waals surface area (Å²) >= 11 is 2.30. The van der Waals surface area contributed by atoms with Crippen molar-refractivity contribution in [2.45, 2.75) is 18.0 Å². The largest absolute Gasteiger partial charge is 0.503 e. The second-order valence-electron chi connectivity index (χ2n) is 7.35. The molecular weight excluding hydrogens is 500 g/mol. The second-order valence-corrected chi connectivity index (χ2v) is 9.35. The molecule has 2 aliphatic heterocycles. The lowest BCUT2D eigenvalue weighted by Crippen LogP contribution is -2.71. The van der Waals surface area contributed by atoms with Crippen molar-refractivity contribution in [3.8, 4) is 5.75 Å². The van der Waals surface area contributed by atoms with Crippen LogP contribution in [-0.2, 0) is 20.9 Å². The van der Waals surface area contributed by atoms with Gasteiger partial charge in [0.2, 0.25) is 5.43 Å². The first-order chi connectivity index (χ1) is 16.7. The van der Waals surface area contributed by atoms with Gasteiger partial charge < -0.3 is 31.0 Å². The summed E-state index contributed by atoms with van der Waals surface area (Å²) in [7, 11) is 0. The van der Waals surface area contributed by atoms with Gasteiger partial charge in [-0.2, -0.15) is 0 Å². The molecule has 35 heavy (non-hydrogen) atoms. The van der Waals surface area contributed by atoms with Gasteiger partial charge in [-0.05, 0) is 5.57 Å². The van der Waals surface area contributed by atoms with Crippen LogP contribution in [0.3, 0.4) is 0 Å². The van der Waals surface area contributed by atoms with Crippen LogP contribution >= 0.6 is 23.1 Å². The molecule has 2 aromatic heterocycles. The van der Waals surface area contributed by atoms with E-state index in [-0.39, 0.29) is 28.8 Å². The molecule has 2 amide bonds. The van der Waals surface area contributed by atoms with Crippen molar-refractivity contribution in [2.24, 2.45) is 5.16 Å². The number of carbonyl (C=O) groups excluding carboxylic acids is 2. The van der Waals surface area contributed by atoms with E-state index in [1.54, 1.807) is 12.2 Å². The number of thiazole rings is 1. The molecule has 4 rings (SSSR count). The van der Waals surface area contributed by atoms with Gasteiger partial charge in [0, 0.05) is 29.9 Å². The molecule has 2 unspecified atom stereocenters. The van der Waals surface area contributed by atoms with Crippen LogP contribution in [0.25, 0.3) is 0 Å². The van der Waals surface area contributed by atoms with Gasteiger partial charge >= 0.3 is 5.97 Å². The highest BCUT2D eigenvalue weighted by Crippen LogP contribution is 2.40. The Balaban J connectivity index is 1.48. The Morgan fingerprint density at radius 1 is 1.37 bits per heavy atom. The molecule has 2 aromatic rings. The van der Waals surface area contributed by atoms with Gasteiger partial charge in [0.1, 0.15) is 22.8 Å². The van der Waals surface area contributed by atoms with Gasteiger partial charge in [-0.25, -0.2) is 9.78 Å². The Hall–Kier alpha value is -4.11. The van der Waals surface area contributed by atoms with Crippen LogP contribution in [0.15, 0.2) is 57.2 Å². The Bertz CT molecular complexity index is 1360. The van der Waals surface area contributed by atoms with Gasteiger partial charge in [-0.15, -0.1) is 23.1 Å². The number of carboxylic acids is 1. The van der Waals surface area contributed by atoms with E-state index in [0.717, 1.165) is 16.2 Å². The fraction of sp³-hybridized carbons (Fsp3) is 0.200. The first-order valence-corrected chi connectivity index (χ1v) is 11.8. The monoisotopic (exact) mass is 518 g/mol. The van der Waals surface area contributed by atoms with Crippen LogP contribution in [0.5, 0.6) is 5.75 Å². The number of aromatic nitrogens is 2. The number of nitrogen functional groups attached to an aromatic ring is 1. The lowest BCUT2D eigenvalue weighted by Gasteiger charge is -2.49. The molecule has 0 radical (unpaired) electrons. The zero-order valence-corrected chi connectivity index (χ0v) is 19.3. The first kappa shape index (κ1) is 24.0. The maximum atomic E-state index is 12.8. The average molecular weight is 519 g/mol. The van der Waals surface area contributed by atoms with Crippen LogP contribution in [-0.4, -0.2) is 70.5 Å². The Morgan fingerprint density at radius 2 is 2.14 bits per heavy atom. The van der Waals surface area contributed by atoms with Crippen molar-refractivity contribution in [2.75, 3.05) is 11.5 Å². The summed E-state index contributed by atoms with van der Waals surface area (Å²) in [6.45, 7) is 0.245. The van der Waals surface area contributed by atoms with Crippen LogP contribution in [0.4, 0.5) is 5.13 Å². The molecule has 0 spiro atoms. The minimum atomic E-state index is -1.30. The molecule has 4 heterocycles. The normalized spacial score (nSPS) is 20.1. The summed E-state index contributed by atoms with van der Waals surface area (Å²) in [4.78, 5) is 53.6. The highest BCUT2D eigenvalue weighted by molar-refractivity contribution is 8.00. The number of nitrogens with zero attached hydrogens (tertiary/aromatic N) is 4. The van der Waals surface area contributed by atoms with E-state index >= 15 is 0 Å². The summed E-state index contributed by atoms with van der Waals surface area (Å²) in [6.07, 6.45) is 5.92. The number of rotatable bonds is 7. The summed E-state index contributed by atoms with van der Waals surface area (Å²) in [5, 5.41) is 34.8. The number of allylic oxidation sites excluding steroid dienone is 2. The predicted molar refractivity (Wildman–Crippen MR) is 126 cm³/mol. The number of oxime groups is 1. The maximum Gasteiger partial charge on any atom is 0.352 e. The van der Waals surface area contributed by atoms with Gasteiger partial charge in [-0.3, -0.25) is 19.3 Å². The lowest BCUT2D eigenvalue weighted by molar-refractivity contribution is -0.150. The van der Waals surface area contributed by atoms with E-state index in [1.165, 1.54) is 40.2 Å². The molecule has 0 bridgehead atoms. The fourth-order valence-electron chi connectivity index (χ4n) is 3.53. The number of aromatic hydroxyl groups is 1. The van der Waals surface area contributed by atoms with Crippen molar-refractivity contribution in [3.63, 3.8) is 0 Å². The van der Waals surface area contributed by atoms with Crippen molar-refractivity contribution in [3.05, 3.63) is 63.2 Å². The van der Waals surface area contributed by atoms with Crippen LogP contribution in [0.1, 0.15) is 5.69 Å². The van der Waals surface area contributed by atoms with Gasteiger partial charge in [0.15, 0.2) is 16.6 Å². The number of pyridine rings is 1. The standard InChI is InChI=1S/C20H18N6O7S2/c21-20-22-10(8-35-20)13(24-33)16(29)23-14-17(30)26-15(19(31)32)9(7-34-18(14)26)2-1-4-25-5-3-11(27)12(28)6-25/h1-3,5-6,8,14,18,28,33H,4,7H2,(H2,21,22)(H,23,29)(H,31,32)/b2-1+,24-13-. The van der Waals surface area contributed by atoms with Crippen molar-refractivity contribution < 1.29 is 29.8 Å². The molecule has 182 valence electrons. The summed E-state index contributed by atoms with van der Waals surface area (Å²) < 4.78 is 1.53. The number of fused-ring (bicyclic) bond motifs is 1. The number of β-lactam (4-membered cyclic amide) rings is 1. The number of amides is 2. The predicted octanol–water partition coefficient (Wildman–Crippen LogP) is -0.234. The molecule has 15 heteroatoms. The molecule has 0 saturated carbocycles. The minimum absolute atomic E-state index is 0.0436. The molecule has 1 saturated heterocycles. The number of anilines is 1. The number of aliphatic carboxylic acids is 1. The number of hydrogen-bond donors (Lipinski definition) is 5. The highest BCUT2D eigenvalue weighted by atomic mass is 32.2. The van der Waals surface area contributed by atoms with Crippen molar-refractivity contribution in [1.82, 2.24) is 19.8 Å². The number of carboxylic acid groups (broad SMARTS) is 1. The van der Waals surface area contributed by atoms with Gasteiger partial charge in [0.05, 0.1) is 6.20 Å².